The summed E-state index contributed by atoms with van der Waals surface area (Å²) >= 11 is 0. The highest BCUT2D eigenvalue weighted by molar-refractivity contribution is 5.13. The SMILES string of the molecule is COCC(N[C@@H](C)c1cccnc1)C1CC1. The van der Waals surface area contributed by atoms with Gasteiger partial charge in [0.1, 0.15) is 0 Å². The van der Waals surface area contributed by atoms with Crippen LogP contribution in [0.3, 0.4) is 0 Å². The number of methoxy groups -OCH3 is 1. The first-order valence-corrected chi connectivity index (χ1v) is 5.96. The quantitative estimate of drug-likeness (QED) is 0.797. The molecular formula is C13H20N2O. The summed E-state index contributed by atoms with van der Waals surface area (Å²) in [5.41, 5.74) is 1.24. The predicted octanol–water partition coefficient (Wildman–Crippen LogP) is 2.16. The van der Waals surface area contributed by atoms with Gasteiger partial charge in [0, 0.05) is 31.6 Å². The normalized spacial score (nSPS) is 19.4. The van der Waals surface area contributed by atoms with Gasteiger partial charge in [-0.2, -0.15) is 0 Å². The third-order valence-corrected chi connectivity index (χ3v) is 3.19. The molecule has 1 N–H and O–H groups in total. The molecule has 0 amide bonds. The summed E-state index contributed by atoms with van der Waals surface area (Å²) in [5.74, 6) is 0.805. The second-order valence-electron chi connectivity index (χ2n) is 4.57. The summed E-state index contributed by atoms with van der Waals surface area (Å²) in [6.07, 6.45) is 6.40. The van der Waals surface area contributed by atoms with E-state index < -0.39 is 0 Å². The molecule has 1 unspecified atom stereocenters. The second-order valence-corrected chi connectivity index (χ2v) is 4.57. The molecule has 1 aliphatic rings. The lowest BCUT2D eigenvalue weighted by atomic mass is 10.1. The summed E-state index contributed by atoms with van der Waals surface area (Å²) < 4.78 is 5.26. The summed E-state index contributed by atoms with van der Waals surface area (Å²) in [7, 11) is 1.77. The first kappa shape index (κ1) is 11.6. The van der Waals surface area contributed by atoms with E-state index in [-0.39, 0.29) is 0 Å². The lowest BCUT2D eigenvalue weighted by Gasteiger charge is -2.22. The number of hydrogen-bond donors (Lipinski definition) is 1. The van der Waals surface area contributed by atoms with Gasteiger partial charge in [0.15, 0.2) is 0 Å². The Morgan fingerprint density at radius 1 is 1.56 bits per heavy atom. The number of aromatic nitrogens is 1. The zero-order valence-electron chi connectivity index (χ0n) is 10.0. The van der Waals surface area contributed by atoms with E-state index in [0.717, 1.165) is 12.5 Å². The Morgan fingerprint density at radius 3 is 2.94 bits per heavy atom. The number of nitrogens with one attached hydrogen (secondary N) is 1. The van der Waals surface area contributed by atoms with Crippen molar-refractivity contribution in [2.75, 3.05) is 13.7 Å². The molecule has 0 aromatic carbocycles. The van der Waals surface area contributed by atoms with Gasteiger partial charge in [-0.25, -0.2) is 0 Å². The fourth-order valence-corrected chi connectivity index (χ4v) is 2.05. The highest BCUT2D eigenvalue weighted by Gasteiger charge is 2.31. The highest BCUT2D eigenvalue weighted by atomic mass is 16.5. The van der Waals surface area contributed by atoms with Crippen molar-refractivity contribution < 1.29 is 4.74 Å². The van der Waals surface area contributed by atoms with Crippen molar-refractivity contribution in [3.63, 3.8) is 0 Å². The number of nitrogens with zero attached hydrogens (tertiary/aromatic N) is 1. The fourth-order valence-electron chi connectivity index (χ4n) is 2.05. The summed E-state index contributed by atoms with van der Waals surface area (Å²) in [4.78, 5) is 4.15. The van der Waals surface area contributed by atoms with Gasteiger partial charge in [0.05, 0.1) is 6.61 Å². The molecule has 0 spiro atoms. The zero-order chi connectivity index (χ0) is 11.4. The molecular weight excluding hydrogens is 200 g/mol. The van der Waals surface area contributed by atoms with E-state index in [1.165, 1.54) is 18.4 Å². The van der Waals surface area contributed by atoms with Crippen LogP contribution in [0.25, 0.3) is 0 Å². The zero-order valence-corrected chi connectivity index (χ0v) is 10.0. The van der Waals surface area contributed by atoms with E-state index >= 15 is 0 Å². The molecule has 1 aromatic rings. The van der Waals surface area contributed by atoms with E-state index in [0.29, 0.717) is 12.1 Å². The van der Waals surface area contributed by atoms with Gasteiger partial charge in [-0.1, -0.05) is 6.07 Å². The minimum atomic E-state index is 0.342. The van der Waals surface area contributed by atoms with Crippen LogP contribution in [0.5, 0.6) is 0 Å². The average Bonchev–Trinajstić information content (AvgIpc) is 3.13. The maximum absolute atomic E-state index is 5.26. The molecule has 1 fully saturated rings. The van der Waals surface area contributed by atoms with Gasteiger partial charge in [-0.05, 0) is 37.3 Å². The number of pyridine rings is 1. The predicted molar refractivity (Wildman–Crippen MR) is 64.2 cm³/mol. The minimum Gasteiger partial charge on any atom is -0.383 e. The Morgan fingerprint density at radius 2 is 2.38 bits per heavy atom. The Kier molecular flexibility index (Phi) is 3.91. The molecule has 1 heterocycles. The van der Waals surface area contributed by atoms with Crippen LogP contribution in [0, 0.1) is 5.92 Å². The lowest BCUT2D eigenvalue weighted by Crippen LogP contribution is -2.37. The van der Waals surface area contributed by atoms with Gasteiger partial charge in [-0.15, -0.1) is 0 Å². The summed E-state index contributed by atoms with van der Waals surface area (Å²) in [6.45, 7) is 2.98. The largest absolute Gasteiger partial charge is 0.383 e. The van der Waals surface area contributed by atoms with Gasteiger partial charge in [-0.3, -0.25) is 4.98 Å². The first-order valence-electron chi connectivity index (χ1n) is 5.96. The Balaban J connectivity index is 1.92. The van der Waals surface area contributed by atoms with Gasteiger partial charge >= 0.3 is 0 Å². The van der Waals surface area contributed by atoms with E-state index in [1.807, 2.05) is 18.5 Å². The van der Waals surface area contributed by atoms with Crippen LogP contribution in [0.4, 0.5) is 0 Å². The van der Waals surface area contributed by atoms with Crippen LogP contribution in [0.15, 0.2) is 24.5 Å². The molecule has 2 atom stereocenters. The average molecular weight is 220 g/mol. The van der Waals surface area contributed by atoms with Crippen molar-refractivity contribution >= 4 is 0 Å². The molecule has 0 bridgehead atoms. The van der Waals surface area contributed by atoms with Crippen molar-refractivity contribution in [2.24, 2.45) is 5.92 Å². The molecule has 2 rings (SSSR count). The van der Waals surface area contributed by atoms with Crippen LogP contribution in [-0.4, -0.2) is 24.7 Å². The summed E-state index contributed by atoms with van der Waals surface area (Å²) in [5, 5.41) is 3.63. The number of hydrogen-bond acceptors (Lipinski definition) is 3. The molecule has 1 aromatic heterocycles. The molecule has 1 saturated carbocycles. The molecule has 0 radical (unpaired) electrons. The van der Waals surface area contributed by atoms with Crippen molar-refractivity contribution in [3.8, 4) is 0 Å². The smallest absolute Gasteiger partial charge is 0.0618 e. The van der Waals surface area contributed by atoms with Crippen molar-refractivity contribution in [1.29, 1.82) is 0 Å². The third-order valence-electron chi connectivity index (χ3n) is 3.19. The number of rotatable bonds is 6. The third kappa shape index (κ3) is 3.03. The second kappa shape index (κ2) is 5.41. The Labute approximate surface area is 97.2 Å². The van der Waals surface area contributed by atoms with Gasteiger partial charge < -0.3 is 10.1 Å². The maximum Gasteiger partial charge on any atom is 0.0618 e. The maximum atomic E-state index is 5.26. The van der Waals surface area contributed by atoms with E-state index in [9.17, 15) is 0 Å². The van der Waals surface area contributed by atoms with Crippen LogP contribution in [-0.2, 0) is 4.74 Å². The molecule has 3 heteroatoms. The van der Waals surface area contributed by atoms with Crippen LogP contribution >= 0.6 is 0 Å². The standard InChI is InChI=1S/C13H20N2O/c1-10(12-4-3-7-14-8-12)15-13(9-16-2)11-5-6-11/h3-4,7-8,10-11,13,15H,5-6,9H2,1-2H3/t10-,13?/m0/s1. The lowest BCUT2D eigenvalue weighted by molar-refractivity contribution is 0.152. The van der Waals surface area contributed by atoms with Crippen LogP contribution in [0.2, 0.25) is 0 Å². The Bertz CT molecular complexity index is 311. The fraction of sp³-hybridized carbons (Fsp3) is 0.615. The Hall–Kier alpha value is -0.930. The highest BCUT2D eigenvalue weighted by Crippen LogP contribution is 2.33. The molecule has 0 aliphatic heterocycles. The molecule has 16 heavy (non-hydrogen) atoms. The monoisotopic (exact) mass is 220 g/mol. The van der Waals surface area contributed by atoms with Crippen molar-refractivity contribution in [3.05, 3.63) is 30.1 Å². The van der Waals surface area contributed by atoms with E-state index in [1.54, 1.807) is 7.11 Å². The minimum absolute atomic E-state index is 0.342. The van der Waals surface area contributed by atoms with Crippen LogP contribution < -0.4 is 5.32 Å². The molecule has 88 valence electrons. The molecule has 3 nitrogen and oxygen atoms in total. The van der Waals surface area contributed by atoms with Crippen molar-refractivity contribution in [2.45, 2.75) is 31.8 Å². The first-order chi connectivity index (χ1) is 7.81. The van der Waals surface area contributed by atoms with Gasteiger partial charge in [0.25, 0.3) is 0 Å². The van der Waals surface area contributed by atoms with E-state index in [2.05, 4.69) is 23.3 Å². The number of ether oxygens (including phenoxy) is 1. The van der Waals surface area contributed by atoms with Crippen molar-refractivity contribution in [1.82, 2.24) is 10.3 Å². The summed E-state index contributed by atoms with van der Waals surface area (Å²) in [6, 6.07) is 4.92. The molecule has 0 saturated heterocycles. The topological polar surface area (TPSA) is 34.1 Å². The van der Waals surface area contributed by atoms with Crippen LogP contribution in [0.1, 0.15) is 31.4 Å². The van der Waals surface area contributed by atoms with Gasteiger partial charge in [0.2, 0.25) is 0 Å². The molecule has 1 aliphatic carbocycles. The van der Waals surface area contributed by atoms with E-state index in [4.69, 9.17) is 4.74 Å².